The standard InChI is InChI=1S/C16H15NO5S2/c1-2-7-22-11-5-3-10(4-6-11)8-13-14(19)17(16(23)24-13)12(9-18)15(20)21/h2-6,8,12,18H,1,7,9H2,(H,20,21)/p-1/b13-8-/t12-/m1/s1. The van der Waals surface area contributed by atoms with Crippen LogP contribution in [0, 0.1) is 0 Å². The normalized spacial score (nSPS) is 17.2. The van der Waals surface area contributed by atoms with Crippen LogP contribution in [0.5, 0.6) is 5.75 Å². The topological polar surface area (TPSA) is 89.9 Å². The zero-order valence-electron chi connectivity index (χ0n) is 12.5. The van der Waals surface area contributed by atoms with E-state index in [1.807, 2.05) is 0 Å². The van der Waals surface area contributed by atoms with Crippen LogP contribution >= 0.6 is 24.0 Å². The van der Waals surface area contributed by atoms with Crippen molar-refractivity contribution in [2.45, 2.75) is 6.04 Å². The molecule has 0 radical (unpaired) electrons. The van der Waals surface area contributed by atoms with Gasteiger partial charge in [0.05, 0.1) is 17.5 Å². The van der Waals surface area contributed by atoms with Crippen molar-refractivity contribution in [1.29, 1.82) is 0 Å². The van der Waals surface area contributed by atoms with E-state index in [4.69, 9.17) is 22.1 Å². The molecular formula is C16H14NO5S2-. The Labute approximate surface area is 148 Å². The first-order valence-electron chi connectivity index (χ1n) is 6.90. The van der Waals surface area contributed by atoms with Crippen molar-refractivity contribution in [2.24, 2.45) is 0 Å². The molecule has 6 nitrogen and oxygen atoms in total. The fourth-order valence-electron chi connectivity index (χ4n) is 1.98. The molecule has 0 aliphatic carbocycles. The number of thioether (sulfide) groups is 1. The number of aliphatic hydroxyl groups is 1. The smallest absolute Gasteiger partial charge is 0.266 e. The number of ether oxygens (including phenoxy) is 1. The Kier molecular flexibility index (Phi) is 6.13. The highest BCUT2D eigenvalue weighted by atomic mass is 32.2. The number of thiocarbonyl (C=S) groups is 1. The van der Waals surface area contributed by atoms with E-state index < -0.39 is 24.5 Å². The van der Waals surface area contributed by atoms with Crippen molar-refractivity contribution in [3.8, 4) is 5.75 Å². The monoisotopic (exact) mass is 364 g/mol. The van der Waals surface area contributed by atoms with Crippen LogP contribution in [0.15, 0.2) is 41.8 Å². The second-order valence-electron chi connectivity index (χ2n) is 4.74. The number of aliphatic carboxylic acids is 1. The lowest BCUT2D eigenvalue weighted by Gasteiger charge is -2.25. The number of hydrogen-bond donors (Lipinski definition) is 1. The summed E-state index contributed by atoms with van der Waals surface area (Å²) >= 11 is 6.01. The van der Waals surface area contributed by atoms with Crippen LogP contribution in [0.4, 0.5) is 0 Å². The maximum atomic E-state index is 12.3. The zero-order chi connectivity index (χ0) is 17.7. The van der Waals surface area contributed by atoms with Gasteiger partial charge in [0.25, 0.3) is 5.91 Å². The van der Waals surface area contributed by atoms with Crippen LogP contribution in [0.3, 0.4) is 0 Å². The molecule has 1 atom stereocenters. The van der Waals surface area contributed by atoms with Gasteiger partial charge in [0.2, 0.25) is 0 Å². The highest BCUT2D eigenvalue weighted by Gasteiger charge is 2.37. The number of nitrogens with zero attached hydrogens (tertiary/aromatic N) is 1. The van der Waals surface area contributed by atoms with E-state index in [0.29, 0.717) is 12.4 Å². The van der Waals surface area contributed by atoms with Crippen molar-refractivity contribution in [3.63, 3.8) is 0 Å². The first-order valence-corrected chi connectivity index (χ1v) is 8.13. The highest BCUT2D eigenvalue weighted by molar-refractivity contribution is 8.26. The molecule has 1 aliphatic heterocycles. The van der Waals surface area contributed by atoms with Crippen LogP contribution in [-0.2, 0) is 9.59 Å². The lowest BCUT2D eigenvalue weighted by Crippen LogP contribution is -2.51. The van der Waals surface area contributed by atoms with E-state index in [9.17, 15) is 14.7 Å². The summed E-state index contributed by atoms with van der Waals surface area (Å²) in [4.78, 5) is 24.5. The SMILES string of the molecule is C=CCOc1ccc(/C=C2\SC(=S)N([C@H](CO)C(=O)[O-])C2=O)cc1. The summed E-state index contributed by atoms with van der Waals surface area (Å²) in [6, 6.07) is 5.51. The molecule has 0 bridgehead atoms. The fourth-order valence-corrected chi connectivity index (χ4v) is 3.33. The van der Waals surface area contributed by atoms with Crippen molar-refractivity contribution >= 4 is 46.3 Å². The molecule has 0 unspecified atom stereocenters. The van der Waals surface area contributed by atoms with Gasteiger partial charge in [-0.3, -0.25) is 9.69 Å². The maximum Gasteiger partial charge on any atom is 0.266 e. The molecule has 1 aliphatic rings. The largest absolute Gasteiger partial charge is 0.548 e. The highest BCUT2D eigenvalue weighted by Crippen LogP contribution is 2.34. The average Bonchev–Trinajstić information content (AvgIpc) is 2.82. The molecule has 1 fully saturated rings. The molecule has 1 amide bonds. The molecule has 24 heavy (non-hydrogen) atoms. The number of rotatable bonds is 7. The van der Waals surface area contributed by atoms with E-state index >= 15 is 0 Å². The molecule has 126 valence electrons. The zero-order valence-corrected chi connectivity index (χ0v) is 14.1. The number of aliphatic hydroxyl groups excluding tert-OH is 1. The summed E-state index contributed by atoms with van der Waals surface area (Å²) in [5.41, 5.74) is 0.732. The molecule has 0 spiro atoms. The lowest BCUT2D eigenvalue weighted by molar-refractivity contribution is -0.311. The van der Waals surface area contributed by atoms with E-state index in [1.165, 1.54) is 0 Å². The van der Waals surface area contributed by atoms with Crippen molar-refractivity contribution < 1.29 is 24.5 Å². The molecule has 1 N–H and O–H groups in total. The molecule has 1 aromatic rings. The lowest BCUT2D eigenvalue weighted by atomic mass is 10.2. The Morgan fingerprint density at radius 1 is 1.46 bits per heavy atom. The van der Waals surface area contributed by atoms with Crippen LogP contribution in [0.25, 0.3) is 6.08 Å². The second kappa shape index (κ2) is 8.09. The molecule has 1 heterocycles. The maximum absolute atomic E-state index is 12.3. The van der Waals surface area contributed by atoms with Crippen LogP contribution in [-0.4, -0.2) is 45.5 Å². The molecule has 0 saturated carbocycles. The van der Waals surface area contributed by atoms with Gasteiger partial charge in [-0.05, 0) is 23.8 Å². The third-order valence-electron chi connectivity index (χ3n) is 3.13. The quantitative estimate of drug-likeness (QED) is 0.430. The number of hydrogen-bond acceptors (Lipinski definition) is 7. The summed E-state index contributed by atoms with van der Waals surface area (Å²) in [7, 11) is 0. The minimum Gasteiger partial charge on any atom is -0.548 e. The van der Waals surface area contributed by atoms with E-state index in [1.54, 1.807) is 36.4 Å². The van der Waals surface area contributed by atoms with Gasteiger partial charge in [-0.15, -0.1) is 0 Å². The van der Waals surface area contributed by atoms with E-state index in [2.05, 4.69) is 6.58 Å². The van der Waals surface area contributed by atoms with Gasteiger partial charge >= 0.3 is 0 Å². The van der Waals surface area contributed by atoms with Crippen LogP contribution < -0.4 is 9.84 Å². The summed E-state index contributed by atoms with van der Waals surface area (Å²) in [5.74, 6) is -1.46. The van der Waals surface area contributed by atoms with E-state index in [0.717, 1.165) is 22.2 Å². The molecule has 2 rings (SSSR count). The van der Waals surface area contributed by atoms with Crippen LogP contribution in [0.2, 0.25) is 0 Å². The molecular weight excluding hydrogens is 350 g/mol. The predicted molar refractivity (Wildman–Crippen MR) is 93.0 cm³/mol. The Hall–Kier alpha value is -2.16. The minimum absolute atomic E-state index is 0.0698. The summed E-state index contributed by atoms with van der Waals surface area (Å²) in [6.07, 6.45) is 3.23. The Bertz CT molecular complexity index is 699. The second-order valence-corrected chi connectivity index (χ2v) is 6.41. The first kappa shape index (κ1) is 18.2. The van der Waals surface area contributed by atoms with Crippen molar-refractivity contribution in [1.82, 2.24) is 4.90 Å². The van der Waals surface area contributed by atoms with Crippen molar-refractivity contribution in [3.05, 3.63) is 47.4 Å². The van der Waals surface area contributed by atoms with Gasteiger partial charge < -0.3 is 19.7 Å². The summed E-state index contributed by atoms with van der Waals surface area (Å²) in [6.45, 7) is 3.19. The first-order chi connectivity index (χ1) is 11.5. The summed E-state index contributed by atoms with van der Waals surface area (Å²) < 4.78 is 5.44. The Morgan fingerprint density at radius 3 is 2.67 bits per heavy atom. The third kappa shape index (κ3) is 4.02. The number of carbonyl (C=O) groups is 2. The van der Waals surface area contributed by atoms with Crippen molar-refractivity contribution in [2.75, 3.05) is 13.2 Å². The number of carboxylic acids is 1. The molecule has 8 heteroatoms. The predicted octanol–water partition coefficient (Wildman–Crippen LogP) is 0.563. The van der Waals surface area contributed by atoms with Gasteiger partial charge in [0.1, 0.15) is 22.7 Å². The molecule has 1 saturated heterocycles. The van der Waals surface area contributed by atoms with Crippen LogP contribution in [0.1, 0.15) is 5.56 Å². The summed E-state index contributed by atoms with van der Waals surface area (Å²) in [5, 5.41) is 20.2. The number of carbonyl (C=O) groups excluding carboxylic acids is 2. The average molecular weight is 364 g/mol. The Balaban J connectivity index is 2.19. The molecule has 1 aromatic carbocycles. The van der Waals surface area contributed by atoms with E-state index in [-0.39, 0.29) is 9.23 Å². The minimum atomic E-state index is -1.56. The van der Waals surface area contributed by atoms with Gasteiger partial charge in [0, 0.05) is 0 Å². The number of amides is 1. The van der Waals surface area contributed by atoms with Gasteiger partial charge in [0.15, 0.2) is 0 Å². The number of carboxylic acid groups (broad SMARTS) is 1. The van der Waals surface area contributed by atoms with Gasteiger partial charge in [-0.25, -0.2) is 0 Å². The Morgan fingerprint density at radius 2 is 2.12 bits per heavy atom. The fraction of sp³-hybridized carbons (Fsp3) is 0.188. The number of benzene rings is 1. The third-order valence-corrected chi connectivity index (χ3v) is 4.46. The molecule has 0 aromatic heterocycles. The van der Waals surface area contributed by atoms with Gasteiger partial charge in [-0.1, -0.05) is 48.8 Å². The van der Waals surface area contributed by atoms with Gasteiger partial charge in [-0.2, -0.15) is 0 Å².